The van der Waals surface area contributed by atoms with E-state index in [0.29, 0.717) is 0 Å². The lowest BCUT2D eigenvalue weighted by Crippen LogP contribution is -1.98. The van der Waals surface area contributed by atoms with E-state index >= 15 is 0 Å². The summed E-state index contributed by atoms with van der Waals surface area (Å²) >= 11 is 1.72. The van der Waals surface area contributed by atoms with Crippen molar-refractivity contribution in [1.82, 2.24) is 14.5 Å². The van der Waals surface area contributed by atoms with Crippen molar-refractivity contribution in [2.45, 2.75) is 0 Å². The summed E-state index contributed by atoms with van der Waals surface area (Å²) in [6, 6.07) is 27.2. The van der Waals surface area contributed by atoms with Gasteiger partial charge >= 0.3 is 0 Å². The molecule has 0 saturated heterocycles. The van der Waals surface area contributed by atoms with Crippen LogP contribution >= 0.6 is 11.3 Å². The van der Waals surface area contributed by atoms with Crippen LogP contribution in [-0.2, 0) is 0 Å². The van der Waals surface area contributed by atoms with Crippen LogP contribution in [0.1, 0.15) is 0 Å². The fourth-order valence-corrected chi connectivity index (χ4v) is 4.72. The third-order valence-electron chi connectivity index (χ3n) is 5.14. The van der Waals surface area contributed by atoms with Crippen molar-refractivity contribution in [1.29, 1.82) is 0 Å². The molecule has 6 rings (SSSR count). The van der Waals surface area contributed by atoms with Gasteiger partial charge in [-0.3, -0.25) is 4.57 Å². The lowest BCUT2D eigenvalue weighted by atomic mass is 10.1. The van der Waals surface area contributed by atoms with Crippen LogP contribution in [0, 0.1) is 0 Å². The molecule has 0 spiro atoms. The normalized spacial score (nSPS) is 11.6. The fourth-order valence-electron chi connectivity index (χ4n) is 4.00. The lowest BCUT2D eigenvalue weighted by molar-refractivity contribution is 1.08. The van der Waals surface area contributed by atoms with E-state index in [9.17, 15) is 0 Å². The van der Waals surface area contributed by atoms with E-state index in [1.807, 2.05) is 18.3 Å². The molecule has 4 heterocycles. The van der Waals surface area contributed by atoms with Gasteiger partial charge in [-0.25, -0.2) is 9.97 Å². The van der Waals surface area contributed by atoms with E-state index in [0.717, 1.165) is 32.9 Å². The Labute approximate surface area is 165 Å². The Bertz CT molecular complexity index is 1450. The first kappa shape index (κ1) is 15.5. The maximum Gasteiger partial charge on any atom is 0.137 e. The Morgan fingerprint density at radius 1 is 0.750 bits per heavy atom. The van der Waals surface area contributed by atoms with Gasteiger partial charge in [-0.05, 0) is 35.7 Å². The Morgan fingerprint density at radius 3 is 2.39 bits per heavy atom. The number of thiophene rings is 1. The van der Waals surface area contributed by atoms with Crippen LogP contribution in [0.4, 0.5) is 0 Å². The molecular formula is C24H15N3S. The lowest BCUT2D eigenvalue weighted by Gasteiger charge is -2.10. The van der Waals surface area contributed by atoms with Crippen LogP contribution in [0.15, 0.2) is 90.4 Å². The third kappa shape index (κ3) is 2.15. The number of hydrogen-bond acceptors (Lipinski definition) is 3. The average Bonchev–Trinajstić information content (AvgIpc) is 3.40. The molecule has 0 N–H and O–H groups in total. The second kappa shape index (κ2) is 6.01. The Kier molecular flexibility index (Phi) is 3.34. The summed E-state index contributed by atoms with van der Waals surface area (Å²) in [6.45, 7) is 0. The zero-order valence-corrected chi connectivity index (χ0v) is 15.7. The molecule has 6 aromatic rings. The van der Waals surface area contributed by atoms with Crippen LogP contribution < -0.4 is 0 Å². The van der Waals surface area contributed by atoms with Gasteiger partial charge in [0.2, 0.25) is 0 Å². The standard InChI is InChI=1S/C24H15N3S/c1-3-10-18-16(8-1)22-17-9-2-4-11-19(17)27(21-13-5-6-14-25-21)24(22)23(26-18)20-12-7-15-28-20/h1-15H. The van der Waals surface area contributed by atoms with E-state index < -0.39 is 0 Å². The van der Waals surface area contributed by atoms with Crippen molar-refractivity contribution >= 4 is 44.0 Å². The zero-order chi connectivity index (χ0) is 18.5. The van der Waals surface area contributed by atoms with E-state index in [1.165, 1.54) is 16.2 Å². The summed E-state index contributed by atoms with van der Waals surface area (Å²) in [5, 5.41) is 5.73. The minimum Gasteiger partial charge on any atom is -0.292 e. The van der Waals surface area contributed by atoms with Gasteiger partial charge in [-0.15, -0.1) is 11.3 Å². The molecule has 0 aliphatic heterocycles. The quantitative estimate of drug-likeness (QED) is 0.347. The van der Waals surface area contributed by atoms with Gasteiger partial charge in [0.25, 0.3) is 0 Å². The topological polar surface area (TPSA) is 30.7 Å². The predicted octanol–water partition coefficient (Wildman–Crippen LogP) is 6.46. The summed E-state index contributed by atoms with van der Waals surface area (Å²) in [5.74, 6) is 0.906. The second-order valence-corrected chi connectivity index (χ2v) is 7.67. The zero-order valence-electron chi connectivity index (χ0n) is 14.9. The van der Waals surface area contributed by atoms with Crippen LogP contribution in [0.2, 0.25) is 0 Å². The Hall–Kier alpha value is -3.50. The maximum atomic E-state index is 5.09. The average molecular weight is 377 g/mol. The second-order valence-electron chi connectivity index (χ2n) is 6.72. The molecule has 132 valence electrons. The number of rotatable bonds is 2. The van der Waals surface area contributed by atoms with Crippen LogP contribution in [-0.4, -0.2) is 14.5 Å². The number of fused-ring (bicyclic) bond motifs is 5. The van der Waals surface area contributed by atoms with Gasteiger partial charge in [-0.2, -0.15) is 0 Å². The first-order valence-corrected chi connectivity index (χ1v) is 10.1. The van der Waals surface area contributed by atoms with Crippen molar-refractivity contribution in [2.24, 2.45) is 0 Å². The van der Waals surface area contributed by atoms with Gasteiger partial charge in [0.05, 0.1) is 21.4 Å². The first-order chi connectivity index (χ1) is 13.9. The van der Waals surface area contributed by atoms with Crippen LogP contribution in [0.25, 0.3) is 49.1 Å². The van der Waals surface area contributed by atoms with Gasteiger partial charge in [0.15, 0.2) is 0 Å². The van der Waals surface area contributed by atoms with Crippen molar-refractivity contribution in [2.75, 3.05) is 0 Å². The third-order valence-corrected chi connectivity index (χ3v) is 6.01. The summed E-state index contributed by atoms with van der Waals surface area (Å²) in [7, 11) is 0. The fraction of sp³-hybridized carbons (Fsp3) is 0. The molecule has 3 nitrogen and oxygen atoms in total. The summed E-state index contributed by atoms with van der Waals surface area (Å²) in [5.41, 5.74) is 4.28. The van der Waals surface area contributed by atoms with E-state index in [1.54, 1.807) is 11.3 Å². The number of nitrogens with zero attached hydrogens (tertiary/aromatic N) is 3. The SMILES string of the molecule is c1ccc(-n2c3ccccc3c3c4ccccc4nc(-c4cccs4)c32)nc1. The van der Waals surface area contributed by atoms with E-state index in [4.69, 9.17) is 4.98 Å². The van der Waals surface area contributed by atoms with Crippen molar-refractivity contribution in [3.63, 3.8) is 0 Å². The first-order valence-electron chi connectivity index (χ1n) is 9.19. The highest BCUT2D eigenvalue weighted by Crippen LogP contribution is 2.41. The van der Waals surface area contributed by atoms with Crippen LogP contribution in [0.3, 0.4) is 0 Å². The summed E-state index contributed by atoms with van der Waals surface area (Å²) in [6.07, 6.45) is 1.84. The molecule has 0 atom stereocenters. The smallest absolute Gasteiger partial charge is 0.137 e. The van der Waals surface area contributed by atoms with Crippen molar-refractivity contribution in [3.05, 3.63) is 90.4 Å². The Balaban J connectivity index is 1.94. The molecule has 2 aromatic carbocycles. The molecule has 4 aromatic heterocycles. The molecule has 0 fully saturated rings. The number of hydrogen-bond donors (Lipinski definition) is 0. The molecule has 0 radical (unpaired) electrons. The van der Waals surface area contributed by atoms with Crippen molar-refractivity contribution in [3.8, 4) is 16.4 Å². The van der Waals surface area contributed by atoms with Gasteiger partial charge < -0.3 is 0 Å². The van der Waals surface area contributed by atoms with Gasteiger partial charge in [-0.1, -0.05) is 48.5 Å². The number of para-hydroxylation sites is 2. The van der Waals surface area contributed by atoms with Gasteiger partial charge in [0.1, 0.15) is 11.5 Å². The summed E-state index contributed by atoms with van der Waals surface area (Å²) in [4.78, 5) is 10.9. The van der Waals surface area contributed by atoms with E-state index in [-0.39, 0.29) is 0 Å². The highest BCUT2D eigenvalue weighted by atomic mass is 32.1. The maximum absolute atomic E-state index is 5.09. The molecule has 28 heavy (non-hydrogen) atoms. The van der Waals surface area contributed by atoms with Crippen LogP contribution in [0.5, 0.6) is 0 Å². The molecule has 0 bridgehead atoms. The minimum atomic E-state index is 0.906. The molecule has 0 aliphatic rings. The van der Waals surface area contributed by atoms with E-state index in [2.05, 4.69) is 81.7 Å². The highest BCUT2D eigenvalue weighted by molar-refractivity contribution is 7.13. The highest BCUT2D eigenvalue weighted by Gasteiger charge is 2.20. The monoisotopic (exact) mass is 377 g/mol. The minimum absolute atomic E-state index is 0.906. The predicted molar refractivity (Wildman–Crippen MR) is 117 cm³/mol. The molecule has 0 amide bonds. The summed E-state index contributed by atoms with van der Waals surface area (Å²) < 4.78 is 2.25. The largest absolute Gasteiger partial charge is 0.292 e. The Morgan fingerprint density at radius 2 is 1.57 bits per heavy atom. The molecule has 4 heteroatoms. The number of benzene rings is 2. The molecule has 0 saturated carbocycles. The van der Waals surface area contributed by atoms with Gasteiger partial charge in [0, 0.05) is 22.4 Å². The number of pyridine rings is 2. The molecular weight excluding hydrogens is 362 g/mol. The van der Waals surface area contributed by atoms with Crippen molar-refractivity contribution < 1.29 is 0 Å². The number of aromatic nitrogens is 3. The molecule has 0 aliphatic carbocycles. The molecule has 0 unspecified atom stereocenters.